The molecule has 0 bridgehead atoms. The van der Waals surface area contributed by atoms with Crippen molar-refractivity contribution in [2.75, 3.05) is 20.6 Å². The van der Waals surface area contributed by atoms with Crippen LogP contribution >= 0.6 is 23.1 Å². The van der Waals surface area contributed by atoms with Crippen LogP contribution in [0.3, 0.4) is 0 Å². The Morgan fingerprint density at radius 1 is 1.00 bits per heavy atom. The van der Waals surface area contributed by atoms with Gasteiger partial charge in [-0.1, -0.05) is 42.5 Å². The average molecular weight is 328 g/mol. The second-order valence-electron chi connectivity index (χ2n) is 5.69. The number of hydrogen-bond acceptors (Lipinski definition) is 3. The quantitative estimate of drug-likeness (QED) is 0.535. The van der Waals surface area contributed by atoms with Gasteiger partial charge in [0, 0.05) is 15.0 Å². The van der Waals surface area contributed by atoms with Crippen LogP contribution in [-0.4, -0.2) is 25.5 Å². The Bertz CT molecular complexity index is 714. The van der Waals surface area contributed by atoms with Gasteiger partial charge in [0.25, 0.3) is 0 Å². The van der Waals surface area contributed by atoms with Crippen LogP contribution < -0.4 is 0 Å². The summed E-state index contributed by atoms with van der Waals surface area (Å²) in [6, 6.07) is 19.7. The molecule has 0 fully saturated rings. The summed E-state index contributed by atoms with van der Waals surface area (Å²) >= 11 is 3.87. The maximum atomic E-state index is 2.27. The van der Waals surface area contributed by atoms with Gasteiger partial charge in [0.1, 0.15) is 0 Å². The van der Waals surface area contributed by atoms with Crippen molar-refractivity contribution >= 4 is 33.9 Å². The highest BCUT2D eigenvalue weighted by Gasteiger charge is 2.16. The number of hydrogen-bond donors (Lipinski definition) is 0. The van der Waals surface area contributed by atoms with Crippen LogP contribution in [0.15, 0.2) is 64.9 Å². The minimum absolute atomic E-state index is 0.521. The Hall–Kier alpha value is -1.29. The van der Waals surface area contributed by atoms with Gasteiger partial charge in [-0.05, 0) is 55.3 Å². The fourth-order valence-corrected chi connectivity index (χ4v) is 4.81. The highest BCUT2D eigenvalue weighted by atomic mass is 32.2. The van der Waals surface area contributed by atoms with Crippen LogP contribution in [0, 0.1) is 0 Å². The molecule has 0 spiro atoms. The number of fused-ring (bicyclic) bond motifs is 1. The molecule has 0 saturated heterocycles. The number of thioether (sulfide) groups is 1. The van der Waals surface area contributed by atoms with E-state index in [1.54, 1.807) is 0 Å². The van der Waals surface area contributed by atoms with E-state index in [-0.39, 0.29) is 0 Å². The van der Waals surface area contributed by atoms with Crippen LogP contribution in [-0.2, 0) is 0 Å². The molecule has 1 aromatic heterocycles. The van der Waals surface area contributed by atoms with Crippen molar-refractivity contribution in [3.8, 4) is 0 Å². The van der Waals surface area contributed by atoms with E-state index in [0.29, 0.717) is 5.25 Å². The minimum atomic E-state index is 0.521. The van der Waals surface area contributed by atoms with E-state index in [9.17, 15) is 0 Å². The Labute approximate surface area is 141 Å². The van der Waals surface area contributed by atoms with Crippen LogP contribution in [0.4, 0.5) is 0 Å². The molecule has 1 unspecified atom stereocenters. The third kappa shape index (κ3) is 3.72. The first-order valence-electron chi connectivity index (χ1n) is 7.56. The highest BCUT2D eigenvalue weighted by Crippen LogP contribution is 2.42. The van der Waals surface area contributed by atoms with Crippen LogP contribution in [0.1, 0.15) is 16.5 Å². The molecule has 1 atom stereocenters. The van der Waals surface area contributed by atoms with Gasteiger partial charge in [0.2, 0.25) is 0 Å². The van der Waals surface area contributed by atoms with Crippen molar-refractivity contribution in [1.82, 2.24) is 4.90 Å². The van der Waals surface area contributed by atoms with Crippen LogP contribution in [0.2, 0.25) is 0 Å². The van der Waals surface area contributed by atoms with Gasteiger partial charge in [-0.2, -0.15) is 0 Å². The summed E-state index contributed by atoms with van der Waals surface area (Å²) in [5.41, 5.74) is 0. The molecule has 1 heterocycles. The van der Waals surface area contributed by atoms with Crippen LogP contribution in [0.5, 0.6) is 0 Å². The van der Waals surface area contributed by atoms with E-state index in [2.05, 4.69) is 79.0 Å². The van der Waals surface area contributed by atoms with Crippen molar-refractivity contribution < 1.29 is 0 Å². The highest BCUT2D eigenvalue weighted by molar-refractivity contribution is 7.99. The molecule has 2 aromatic carbocycles. The van der Waals surface area contributed by atoms with Gasteiger partial charge in [0.15, 0.2) is 0 Å². The molecule has 114 valence electrons. The molecule has 0 aliphatic heterocycles. The molecule has 22 heavy (non-hydrogen) atoms. The van der Waals surface area contributed by atoms with E-state index >= 15 is 0 Å². The minimum Gasteiger partial charge on any atom is -0.309 e. The first-order chi connectivity index (χ1) is 10.7. The third-order valence-corrected chi connectivity index (χ3v) is 6.24. The van der Waals surface area contributed by atoms with Crippen molar-refractivity contribution in [2.45, 2.75) is 16.6 Å². The third-order valence-electron chi connectivity index (χ3n) is 3.72. The van der Waals surface area contributed by atoms with Crippen molar-refractivity contribution in [1.29, 1.82) is 0 Å². The number of benzene rings is 2. The van der Waals surface area contributed by atoms with Gasteiger partial charge in [-0.3, -0.25) is 0 Å². The summed E-state index contributed by atoms with van der Waals surface area (Å²) in [6.45, 7) is 1.11. The molecule has 0 aliphatic rings. The fourth-order valence-electron chi connectivity index (χ4n) is 2.56. The van der Waals surface area contributed by atoms with Gasteiger partial charge in [-0.15, -0.1) is 23.1 Å². The van der Waals surface area contributed by atoms with Crippen molar-refractivity contribution in [3.63, 3.8) is 0 Å². The smallest absolute Gasteiger partial charge is 0.0450 e. The van der Waals surface area contributed by atoms with E-state index in [0.717, 1.165) is 6.54 Å². The van der Waals surface area contributed by atoms with Gasteiger partial charge < -0.3 is 4.90 Å². The SMILES string of the molecule is CN(C)CCC(Sc1cccc2ccccc12)c1cccs1. The van der Waals surface area contributed by atoms with E-state index in [1.807, 2.05) is 23.1 Å². The van der Waals surface area contributed by atoms with E-state index in [4.69, 9.17) is 0 Å². The zero-order valence-corrected chi connectivity index (χ0v) is 14.7. The Balaban J connectivity index is 1.88. The van der Waals surface area contributed by atoms with E-state index < -0.39 is 0 Å². The molecule has 3 heteroatoms. The Morgan fingerprint density at radius 3 is 2.59 bits per heavy atom. The second kappa shape index (κ2) is 7.32. The maximum Gasteiger partial charge on any atom is 0.0450 e. The van der Waals surface area contributed by atoms with Crippen molar-refractivity contribution in [3.05, 3.63) is 64.9 Å². The lowest BCUT2D eigenvalue weighted by atomic mass is 10.1. The predicted molar refractivity (Wildman–Crippen MR) is 100 cm³/mol. The Kier molecular flexibility index (Phi) is 5.19. The van der Waals surface area contributed by atoms with Gasteiger partial charge in [0.05, 0.1) is 0 Å². The number of nitrogens with zero attached hydrogens (tertiary/aromatic N) is 1. The maximum absolute atomic E-state index is 2.27. The average Bonchev–Trinajstić information content (AvgIpc) is 3.05. The molecule has 1 nitrogen and oxygen atoms in total. The second-order valence-corrected chi connectivity index (χ2v) is 7.91. The van der Waals surface area contributed by atoms with Crippen molar-refractivity contribution in [2.24, 2.45) is 0 Å². The molecular formula is C19H21NS2. The first kappa shape index (κ1) is 15.6. The largest absolute Gasteiger partial charge is 0.309 e. The van der Waals surface area contributed by atoms with Gasteiger partial charge in [-0.25, -0.2) is 0 Å². The summed E-state index contributed by atoms with van der Waals surface area (Å²) in [6.07, 6.45) is 1.17. The van der Waals surface area contributed by atoms with E-state index in [1.165, 1.54) is 27.0 Å². The molecular weight excluding hydrogens is 306 g/mol. The molecule has 3 rings (SSSR count). The number of rotatable bonds is 6. The zero-order chi connectivity index (χ0) is 15.4. The molecule has 3 aromatic rings. The summed E-state index contributed by atoms with van der Waals surface area (Å²) in [5, 5.41) is 5.39. The molecule has 0 amide bonds. The van der Waals surface area contributed by atoms with Crippen LogP contribution in [0.25, 0.3) is 10.8 Å². The summed E-state index contributed by atoms with van der Waals surface area (Å²) in [7, 11) is 4.29. The summed E-state index contributed by atoms with van der Waals surface area (Å²) in [5.74, 6) is 0. The molecule has 0 radical (unpaired) electrons. The first-order valence-corrected chi connectivity index (χ1v) is 9.32. The Morgan fingerprint density at radius 2 is 1.82 bits per heavy atom. The summed E-state index contributed by atoms with van der Waals surface area (Å²) in [4.78, 5) is 5.12. The lowest BCUT2D eigenvalue weighted by Crippen LogP contribution is -2.14. The molecule has 0 aliphatic carbocycles. The topological polar surface area (TPSA) is 3.24 Å². The van der Waals surface area contributed by atoms with Gasteiger partial charge >= 0.3 is 0 Å². The standard InChI is InChI=1S/C19H21NS2/c1-20(2)13-12-19(18-11-6-14-21-18)22-17-10-5-8-15-7-3-4-9-16(15)17/h3-11,14,19H,12-13H2,1-2H3. The monoisotopic (exact) mass is 327 g/mol. The normalized spacial score (nSPS) is 12.9. The number of thiophene rings is 1. The fraction of sp³-hybridized carbons (Fsp3) is 0.263. The molecule has 0 N–H and O–H groups in total. The lowest BCUT2D eigenvalue weighted by Gasteiger charge is -2.19. The predicted octanol–water partition coefficient (Wildman–Crippen LogP) is 5.69. The summed E-state index contributed by atoms with van der Waals surface area (Å²) < 4.78 is 0. The lowest BCUT2D eigenvalue weighted by molar-refractivity contribution is 0.399. The molecule has 0 saturated carbocycles. The zero-order valence-electron chi connectivity index (χ0n) is 13.0.